The average Bonchev–Trinajstić information content (AvgIpc) is 2.70. The molecule has 1 atom stereocenters. The third-order valence-electron chi connectivity index (χ3n) is 3.59. The summed E-state index contributed by atoms with van der Waals surface area (Å²) in [6, 6.07) is 0. The molecule has 1 aliphatic rings. The van der Waals surface area contributed by atoms with Gasteiger partial charge in [0.15, 0.2) is 0 Å². The lowest BCUT2D eigenvalue weighted by Gasteiger charge is -2.05. The highest BCUT2D eigenvalue weighted by atomic mass is 32.2. The van der Waals surface area contributed by atoms with E-state index in [0.717, 1.165) is 24.6 Å². The first-order valence-corrected chi connectivity index (χ1v) is 8.63. The van der Waals surface area contributed by atoms with Crippen LogP contribution in [0.1, 0.15) is 77.6 Å². The van der Waals surface area contributed by atoms with Crippen molar-refractivity contribution in [2.45, 2.75) is 82.8 Å². The molecule has 1 N–H and O–H groups in total. The van der Waals surface area contributed by atoms with E-state index in [-0.39, 0.29) is 16.4 Å². The quantitative estimate of drug-likeness (QED) is 0.562. The molecule has 19 heavy (non-hydrogen) atoms. The standard InChI is InChI=1S/C15H27NO2S/c1-2-3-4-5-6-7-8-9-10-11-12-13-14(17)16-15(18)19-13/h13H,2-12H2,1H3,(H,16,17,18). The minimum Gasteiger partial charge on any atom is -0.286 e. The molecule has 110 valence electrons. The Hall–Kier alpha value is -0.510. The highest BCUT2D eigenvalue weighted by Crippen LogP contribution is 2.24. The Balaban J connectivity index is 1.84. The molecule has 4 heteroatoms. The van der Waals surface area contributed by atoms with Crippen LogP contribution in [-0.4, -0.2) is 16.4 Å². The topological polar surface area (TPSA) is 46.2 Å². The molecule has 0 saturated carbocycles. The number of rotatable bonds is 11. The maximum absolute atomic E-state index is 11.3. The van der Waals surface area contributed by atoms with Gasteiger partial charge < -0.3 is 0 Å². The van der Waals surface area contributed by atoms with Crippen LogP contribution >= 0.6 is 11.8 Å². The molecule has 0 aromatic carbocycles. The van der Waals surface area contributed by atoms with Crippen LogP contribution < -0.4 is 5.32 Å². The third-order valence-corrected chi connectivity index (χ3v) is 4.64. The third kappa shape index (κ3) is 7.61. The summed E-state index contributed by atoms with van der Waals surface area (Å²) in [5, 5.41) is 2.04. The SMILES string of the molecule is CCCCCCCCCCCCC1SC(=O)NC1=O. The monoisotopic (exact) mass is 285 g/mol. The van der Waals surface area contributed by atoms with Gasteiger partial charge in [-0.3, -0.25) is 14.9 Å². The first-order chi connectivity index (χ1) is 9.24. The number of amides is 2. The van der Waals surface area contributed by atoms with E-state index in [1.165, 1.54) is 57.8 Å². The van der Waals surface area contributed by atoms with E-state index in [0.29, 0.717) is 0 Å². The van der Waals surface area contributed by atoms with Gasteiger partial charge in [0.25, 0.3) is 5.24 Å². The Morgan fingerprint density at radius 1 is 0.895 bits per heavy atom. The molecule has 0 aromatic heterocycles. The van der Waals surface area contributed by atoms with Crippen molar-refractivity contribution in [2.24, 2.45) is 0 Å². The van der Waals surface area contributed by atoms with Gasteiger partial charge in [-0.25, -0.2) is 0 Å². The predicted octanol–water partition coefficient (Wildman–Crippen LogP) is 4.65. The van der Waals surface area contributed by atoms with Crippen LogP contribution in [0.5, 0.6) is 0 Å². The van der Waals surface area contributed by atoms with Crippen molar-refractivity contribution in [3.05, 3.63) is 0 Å². The molecular weight excluding hydrogens is 258 g/mol. The number of hydrogen-bond donors (Lipinski definition) is 1. The summed E-state index contributed by atoms with van der Waals surface area (Å²) in [7, 11) is 0. The Bertz CT molecular complexity index is 281. The summed E-state index contributed by atoms with van der Waals surface area (Å²) < 4.78 is 0. The Morgan fingerprint density at radius 3 is 1.89 bits per heavy atom. The lowest BCUT2D eigenvalue weighted by Crippen LogP contribution is -2.23. The molecule has 1 saturated heterocycles. The molecule has 1 rings (SSSR count). The molecule has 0 aliphatic carbocycles. The van der Waals surface area contributed by atoms with Crippen molar-refractivity contribution in [3.63, 3.8) is 0 Å². The Kier molecular flexibility index (Phi) is 8.97. The summed E-state index contributed by atoms with van der Waals surface area (Å²) in [6.07, 6.45) is 13.9. The number of carbonyl (C=O) groups is 2. The van der Waals surface area contributed by atoms with Crippen LogP contribution in [0.2, 0.25) is 0 Å². The molecule has 1 fully saturated rings. The minimum absolute atomic E-state index is 0.0917. The molecule has 0 aromatic rings. The fraction of sp³-hybridized carbons (Fsp3) is 0.867. The number of carbonyl (C=O) groups excluding carboxylic acids is 2. The summed E-state index contributed by atoms with van der Waals surface area (Å²) in [5.74, 6) is -0.0917. The second-order valence-corrected chi connectivity index (χ2v) is 6.53. The maximum Gasteiger partial charge on any atom is 0.286 e. The van der Waals surface area contributed by atoms with Gasteiger partial charge in [-0.05, 0) is 6.42 Å². The van der Waals surface area contributed by atoms with Crippen molar-refractivity contribution < 1.29 is 9.59 Å². The first kappa shape index (κ1) is 16.5. The van der Waals surface area contributed by atoms with Gasteiger partial charge in [0.1, 0.15) is 0 Å². The van der Waals surface area contributed by atoms with Crippen molar-refractivity contribution >= 4 is 22.9 Å². The normalized spacial score (nSPS) is 18.9. The van der Waals surface area contributed by atoms with Crippen LogP contribution in [0.4, 0.5) is 4.79 Å². The van der Waals surface area contributed by atoms with Crippen LogP contribution in [0.3, 0.4) is 0 Å². The van der Waals surface area contributed by atoms with Crippen molar-refractivity contribution in [1.82, 2.24) is 5.32 Å². The van der Waals surface area contributed by atoms with Crippen LogP contribution in [-0.2, 0) is 4.79 Å². The van der Waals surface area contributed by atoms with Crippen molar-refractivity contribution in [1.29, 1.82) is 0 Å². The molecule has 1 heterocycles. The second kappa shape index (κ2) is 10.3. The fourth-order valence-corrected chi connectivity index (χ4v) is 3.27. The van der Waals surface area contributed by atoms with Crippen molar-refractivity contribution in [3.8, 4) is 0 Å². The molecular formula is C15H27NO2S. The molecule has 3 nitrogen and oxygen atoms in total. The van der Waals surface area contributed by atoms with Gasteiger partial charge in [0, 0.05) is 0 Å². The van der Waals surface area contributed by atoms with E-state index in [2.05, 4.69) is 12.2 Å². The van der Waals surface area contributed by atoms with Crippen LogP contribution in [0.15, 0.2) is 0 Å². The molecule has 1 aliphatic heterocycles. The van der Waals surface area contributed by atoms with Crippen LogP contribution in [0.25, 0.3) is 0 Å². The maximum atomic E-state index is 11.3. The zero-order chi connectivity index (χ0) is 13.9. The molecule has 1 unspecified atom stereocenters. The van der Waals surface area contributed by atoms with Gasteiger partial charge in [0.05, 0.1) is 5.25 Å². The fourth-order valence-electron chi connectivity index (χ4n) is 2.40. The number of hydrogen-bond acceptors (Lipinski definition) is 3. The summed E-state index contributed by atoms with van der Waals surface area (Å²) >= 11 is 1.15. The first-order valence-electron chi connectivity index (χ1n) is 7.75. The highest BCUT2D eigenvalue weighted by Gasteiger charge is 2.30. The van der Waals surface area contributed by atoms with Gasteiger partial charge >= 0.3 is 0 Å². The van der Waals surface area contributed by atoms with Crippen LogP contribution in [0, 0.1) is 0 Å². The summed E-state index contributed by atoms with van der Waals surface area (Å²) in [4.78, 5) is 22.3. The lowest BCUT2D eigenvalue weighted by molar-refractivity contribution is -0.119. The highest BCUT2D eigenvalue weighted by molar-refractivity contribution is 8.15. The number of imide groups is 1. The number of thioether (sulfide) groups is 1. The summed E-state index contributed by atoms with van der Waals surface area (Å²) in [6.45, 7) is 2.25. The molecule has 0 spiro atoms. The largest absolute Gasteiger partial charge is 0.286 e. The molecule has 2 amide bonds. The molecule has 0 bridgehead atoms. The van der Waals surface area contributed by atoms with Gasteiger partial charge in [0.2, 0.25) is 5.91 Å². The smallest absolute Gasteiger partial charge is 0.286 e. The van der Waals surface area contributed by atoms with Crippen molar-refractivity contribution in [2.75, 3.05) is 0 Å². The van der Waals surface area contributed by atoms with Gasteiger partial charge in [-0.1, -0.05) is 82.9 Å². The van der Waals surface area contributed by atoms with E-state index >= 15 is 0 Å². The van der Waals surface area contributed by atoms with Gasteiger partial charge in [-0.2, -0.15) is 0 Å². The zero-order valence-corrected chi connectivity index (χ0v) is 12.9. The van der Waals surface area contributed by atoms with E-state index < -0.39 is 0 Å². The minimum atomic E-state index is -0.179. The van der Waals surface area contributed by atoms with E-state index in [4.69, 9.17) is 0 Å². The Labute approximate surface area is 121 Å². The molecule has 0 radical (unpaired) electrons. The van der Waals surface area contributed by atoms with E-state index in [9.17, 15) is 9.59 Å². The van der Waals surface area contributed by atoms with E-state index in [1.807, 2.05) is 0 Å². The second-order valence-electron chi connectivity index (χ2n) is 5.35. The summed E-state index contributed by atoms with van der Waals surface area (Å²) in [5.41, 5.74) is 0. The number of nitrogens with one attached hydrogen (secondary N) is 1. The van der Waals surface area contributed by atoms with E-state index in [1.54, 1.807) is 0 Å². The lowest BCUT2D eigenvalue weighted by atomic mass is 10.1. The van der Waals surface area contributed by atoms with Gasteiger partial charge in [-0.15, -0.1) is 0 Å². The predicted molar refractivity (Wildman–Crippen MR) is 81.4 cm³/mol. The Morgan fingerprint density at radius 2 is 1.42 bits per heavy atom. The zero-order valence-electron chi connectivity index (χ0n) is 12.1. The average molecular weight is 285 g/mol. The number of unbranched alkanes of at least 4 members (excludes halogenated alkanes) is 9.